The van der Waals surface area contributed by atoms with Gasteiger partial charge < -0.3 is 25.0 Å². The Balaban J connectivity index is 2.51. The molecule has 0 aliphatic rings. The Morgan fingerprint density at radius 2 is 1.76 bits per heavy atom. The van der Waals surface area contributed by atoms with Crippen molar-refractivity contribution < 1.29 is 23.9 Å². The molecular weight excluding hydrogens is 484 g/mol. The SMILES string of the molecule is CCC(C)C(NC(=O)OC(C)(C)C)C(=O)N(CC#N)C(C(=O)Nc1ccc(OC)cc1)c1cccc(C)c1. The number of nitrogens with zero attached hydrogens (tertiary/aromatic N) is 2. The highest BCUT2D eigenvalue weighted by atomic mass is 16.6. The van der Waals surface area contributed by atoms with Crippen molar-refractivity contribution in [1.82, 2.24) is 10.2 Å². The first-order valence-electron chi connectivity index (χ1n) is 12.6. The first-order chi connectivity index (χ1) is 17.9. The number of nitrogens with one attached hydrogen (secondary N) is 2. The minimum atomic E-state index is -1.13. The summed E-state index contributed by atoms with van der Waals surface area (Å²) in [6.07, 6.45) is -0.178. The molecule has 0 bridgehead atoms. The molecule has 0 aromatic heterocycles. The summed E-state index contributed by atoms with van der Waals surface area (Å²) >= 11 is 0. The van der Waals surface area contributed by atoms with Crippen LogP contribution in [0.2, 0.25) is 0 Å². The van der Waals surface area contributed by atoms with Crippen molar-refractivity contribution in [2.45, 2.75) is 65.6 Å². The van der Waals surface area contributed by atoms with Crippen LogP contribution in [0.3, 0.4) is 0 Å². The molecule has 0 aliphatic carbocycles. The fraction of sp³-hybridized carbons (Fsp3) is 0.448. The van der Waals surface area contributed by atoms with Gasteiger partial charge in [-0.2, -0.15) is 5.26 Å². The van der Waals surface area contributed by atoms with Gasteiger partial charge >= 0.3 is 6.09 Å². The number of alkyl carbamates (subject to hydrolysis) is 1. The highest BCUT2D eigenvalue weighted by Crippen LogP contribution is 2.27. The van der Waals surface area contributed by atoms with E-state index in [9.17, 15) is 19.6 Å². The Morgan fingerprint density at radius 1 is 1.11 bits per heavy atom. The number of anilines is 1. The van der Waals surface area contributed by atoms with E-state index in [1.54, 1.807) is 70.3 Å². The average molecular weight is 523 g/mol. The van der Waals surface area contributed by atoms with Gasteiger partial charge in [0.25, 0.3) is 5.91 Å². The molecule has 3 amide bonds. The van der Waals surface area contributed by atoms with Gasteiger partial charge in [-0.1, -0.05) is 50.1 Å². The number of hydrogen-bond acceptors (Lipinski definition) is 6. The molecule has 0 fully saturated rings. The summed E-state index contributed by atoms with van der Waals surface area (Å²) in [7, 11) is 1.55. The van der Waals surface area contributed by atoms with Gasteiger partial charge in [0.1, 0.15) is 30.0 Å². The van der Waals surface area contributed by atoms with Gasteiger partial charge in [-0.15, -0.1) is 0 Å². The summed E-state index contributed by atoms with van der Waals surface area (Å²) in [4.78, 5) is 41.5. The molecule has 0 saturated heterocycles. The van der Waals surface area contributed by atoms with Crippen LogP contribution in [-0.2, 0) is 14.3 Å². The summed E-state index contributed by atoms with van der Waals surface area (Å²) in [6.45, 7) is 10.4. The highest BCUT2D eigenvalue weighted by molar-refractivity contribution is 5.99. The van der Waals surface area contributed by atoms with Crippen molar-refractivity contribution in [3.63, 3.8) is 0 Å². The standard InChI is InChI=1S/C29H38N4O5/c1-8-20(3)24(32-28(36)38-29(4,5)6)27(35)33(17-16-30)25(21-11-9-10-19(2)18-21)26(34)31-22-12-14-23(37-7)15-13-22/h9-15,18,20,24-25H,8,17H2,1-7H3,(H,31,34)(H,32,36). The van der Waals surface area contributed by atoms with E-state index in [0.29, 0.717) is 23.4 Å². The maximum atomic E-state index is 14.0. The molecule has 9 nitrogen and oxygen atoms in total. The summed E-state index contributed by atoms with van der Waals surface area (Å²) in [5.74, 6) is -0.712. The topological polar surface area (TPSA) is 121 Å². The average Bonchev–Trinajstić information content (AvgIpc) is 2.85. The summed E-state index contributed by atoms with van der Waals surface area (Å²) < 4.78 is 10.6. The maximum Gasteiger partial charge on any atom is 0.408 e. The molecule has 2 rings (SSSR count). The van der Waals surface area contributed by atoms with E-state index in [0.717, 1.165) is 5.56 Å². The quantitative estimate of drug-likeness (QED) is 0.425. The number of hydrogen-bond donors (Lipinski definition) is 2. The van der Waals surface area contributed by atoms with Crippen LogP contribution in [0.4, 0.5) is 10.5 Å². The van der Waals surface area contributed by atoms with Crippen molar-refractivity contribution in [2.24, 2.45) is 5.92 Å². The van der Waals surface area contributed by atoms with Gasteiger partial charge in [0.15, 0.2) is 0 Å². The monoisotopic (exact) mass is 522 g/mol. The molecule has 2 N–H and O–H groups in total. The van der Waals surface area contributed by atoms with E-state index in [-0.39, 0.29) is 12.5 Å². The number of benzene rings is 2. The van der Waals surface area contributed by atoms with Crippen LogP contribution < -0.4 is 15.4 Å². The van der Waals surface area contributed by atoms with E-state index in [4.69, 9.17) is 9.47 Å². The third-order valence-corrected chi connectivity index (χ3v) is 5.95. The third kappa shape index (κ3) is 8.51. The minimum Gasteiger partial charge on any atom is -0.497 e. The number of methoxy groups -OCH3 is 1. The molecule has 0 heterocycles. The second kappa shape index (κ2) is 13.5. The molecule has 38 heavy (non-hydrogen) atoms. The molecule has 3 unspecified atom stereocenters. The Bertz CT molecular complexity index is 1150. The molecular formula is C29H38N4O5. The van der Waals surface area contributed by atoms with Crippen LogP contribution in [0.25, 0.3) is 0 Å². The van der Waals surface area contributed by atoms with Gasteiger partial charge in [-0.25, -0.2) is 4.79 Å². The van der Waals surface area contributed by atoms with Gasteiger partial charge in [0.2, 0.25) is 5.91 Å². The van der Waals surface area contributed by atoms with Crippen LogP contribution >= 0.6 is 0 Å². The van der Waals surface area contributed by atoms with E-state index in [1.165, 1.54) is 4.90 Å². The highest BCUT2D eigenvalue weighted by Gasteiger charge is 2.38. The van der Waals surface area contributed by atoms with Gasteiger partial charge in [-0.05, 0) is 63.4 Å². The van der Waals surface area contributed by atoms with Crippen LogP contribution in [-0.4, -0.2) is 48.1 Å². The van der Waals surface area contributed by atoms with Crippen molar-refractivity contribution >= 4 is 23.6 Å². The first kappa shape index (κ1) is 30.2. The number of nitriles is 1. The summed E-state index contributed by atoms with van der Waals surface area (Å²) in [5, 5.41) is 15.2. The Labute approximate surface area is 225 Å². The number of carbonyl (C=O) groups is 3. The maximum absolute atomic E-state index is 14.0. The molecule has 0 radical (unpaired) electrons. The van der Waals surface area contributed by atoms with Crippen LogP contribution in [0.15, 0.2) is 48.5 Å². The zero-order valence-corrected chi connectivity index (χ0v) is 23.2. The lowest BCUT2D eigenvalue weighted by atomic mass is 9.95. The fourth-order valence-corrected chi connectivity index (χ4v) is 3.87. The normalized spacial score (nSPS) is 13.3. The molecule has 2 aromatic rings. The fourth-order valence-electron chi connectivity index (χ4n) is 3.87. The Morgan fingerprint density at radius 3 is 2.29 bits per heavy atom. The molecule has 0 aliphatic heterocycles. The number of rotatable bonds is 10. The zero-order valence-electron chi connectivity index (χ0n) is 23.2. The van der Waals surface area contributed by atoms with Crippen LogP contribution in [0.5, 0.6) is 5.75 Å². The smallest absolute Gasteiger partial charge is 0.408 e. The van der Waals surface area contributed by atoms with E-state index < -0.39 is 35.6 Å². The summed E-state index contributed by atoms with van der Waals surface area (Å²) in [6, 6.07) is 13.9. The van der Waals surface area contributed by atoms with Gasteiger partial charge in [-0.3, -0.25) is 9.59 Å². The second-order valence-electron chi connectivity index (χ2n) is 10.2. The molecule has 2 aromatic carbocycles. The van der Waals surface area contributed by atoms with Crippen molar-refractivity contribution in [1.29, 1.82) is 5.26 Å². The van der Waals surface area contributed by atoms with Crippen LogP contribution in [0, 0.1) is 24.2 Å². The van der Waals surface area contributed by atoms with Crippen molar-refractivity contribution in [3.05, 3.63) is 59.7 Å². The minimum absolute atomic E-state index is 0.293. The van der Waals surface area contributed by atoms with Gasteiger partial charge in [0, 0.05) is 5.69 Å². The lowest BCUT2D eigenvalue weighted by Gasteiger charge is -2.34. The Hall–Kier alpha value is -4.06. The van der Waals surface area contributed by atoms with Crippen molar-refractivity contribution in [2.75, 3.05) is 19.0 Å². The largest absolute Gasteiger partial charge is 0.497 e. The number of ether oxygens (including phenoxy) is 2. The predicted octanol–water partition coefficient (Wildman–Crippen LogP) is 4.98. The first-order valence-corrected chi connectivity index (χ1v) is 12.6. The lowest BCUT2D eigenvalue weighted by Crippen LogP contribution is -2.54. The van der Waals surface area contributed by atoms with E-state index >= 15 is 0 Å². The molecule has 204 valence electrons. The Kier molecular flexibility index (Phi) is 10.7. The number of carbonyl (C=O) groups excluding carboxylic acids is 3. The van der Waals surface area contributed by atoms with E-state index in [1.807, 2.05) is 32.9 Å². The molecule has 0 spiro atoms. The predicted molar refractivity (Wildman–Crippen MR) is 145 cm³/mol. The number of aryl methyl sites for hydroxylation is 1. The summed E-state index contributed by atoms with van der Waals surface area (Å²) in [5.41, 5.74) is 1.17. The third-order valence-electron chi connectivity index (χ3n) is 5.95. The van der Waals surface area contributed by atoms with Gasteiger partial charge in [0.05, 0.1) is 13.2 Å². The molecule has 0 saturated carbocycles. The zero-order chi connectivity index (χ0) is 28.5. The van der Waals surface area contributed by atoms with Crippen molar-refractivity contribution in [3.8, 4) is 11.8 Å². The molecule has 9 heteroatoms. The van der Waals surface area contributed by atoms with E-state index in [2.05, 4.69) is 10.6 Å². The number of amides is 3. The van der Waals surface area contributed by atoms with Crippen LogP contribution in [0.1, 0.15) is 58.2 Å². The molecule has 3 atom stereocenters. The lowest BCUT2D eigenvalue weighted by molar-refractivity contribution is -0.141. The second-order valence-corrected chi connectivity index (χ2v) is 10.2.